The molecule has 0 atom stereocenters. The van der Waals surface area contributed by atoms with Gasteiger partial charge in [0.15, 0.2) is 20.5 Å². The van der Waals surface area contributed by atoms with Crippen LogP contribution in [0.15, 0.2) is 53.8 Å². The van der Waals surface area contributed by atoms with E-state index in [4.69, 9.17) is 0 Å². The number of halogens is 4. The number of hydrogen-bond donors (Lipinski definition) is 0. The Morgan fingerprint density at radius 2 is 1.77 bits per heavy atom. The summed E-state index contributed by atoms with van der Waals surface area (Å²) in [6.07, 6.45) is -2.13. The zero-order chi connectivity index (χ0) is 25.1. The summed E-state index contributed by atoms with van der Waals surface area (Å²) in [6.45, 7) is 1.45. The molecule has 5 rings (SSSR count). The van der Waals surface area contributed by atoms with Gasteiger partial charge in [0.05, 0.1) is 28.7 Å². The van der Waals surface area contributed by atoms with Crippen LogP contribution in [0.1, 0.15) is 12.6 Å². The van der Waals surface area contributed by atoms with Crippen LogP contribution in [0.2, 0.25) is 0 Å². The molecule has 180 valence electrons. The van der Waals surface area contributed by atoms with Crippen molar-refractivity contribution in [2.75, 3.05) is 5.75 Å². The lowest BCUT2D eigenvalue weighted by Gasteiger charge is -2.06. The molecule has 0 fully saturated rings. The molecule has 0 amide bonds. The monoisotopic (exact) mass is 504 g/mol. The van der Waals surface area contributed by atoms with Gasteiger partial charge >= 0.3 is 6.18 Å². The quantitative estimate of drug-likeness (QED) is 0.339. The summed E-state index contributed by atoms with van der Waals surface area (Å²) in [5, 5.41) is 3.91. The predicted molar refractivity (Wildman–Crippen MR) is 119 cm³/mol. The standard InChI is InChI=1S/C22H16F4N6O2S/c1-3-35(33,34)21-18(19-29-15-10-17(22(24,25)26)27-11-16(15)31(19)2)20-28-14(8-9-32(20)30-21)12-4-6-13(23)7-5-12/h4-11H,3H2,1-2H3. The van der Waals surface area contributed by atoms with Crippen molar-refractivity contribution in [3.8, 4) is 22.6 Å². The third-order valence-electron chi connectivity index (χ3n) is 5.55. The topological polar surface area (TPSA) is 95.0 Å². The van der Waals surface area contributed by atoms with E-state index < -0.39 is 27.5 Å². The zero-order valence-electron chi connectivity index (χ0n) is 18.2. The summed E-state index contributed by atoms with van der Waals surface area (Å²) in [5.74, 6) is -0.632. The van der Waals surface area contributed by atoms with Gasteiger partial charge in [-0.3, -0.25) is 0 Å². The maximum Gasteiger partial charge on any atom is 0.433 e. The largest absolute Gasteiger partial charge is 0.433 e. The van der Waals surface area contributed by atoms with Crippen LogP contribution in [-0.4, -0.2) is 43.3 Å². The van der Waals surface area contributed by atoms with E-state index in [1.54, 1.807) is 6.07 Å². The molecule has 0 unspecified atom stereocenters. The van der Waals surface area contributed by atoms with Gasteiger partial charge < -0.3 is 4.57 Å². The maximum atomic E-state index is 13.4. The highest BCUT2D eigenvalue weighted by Crippen LogP contribution is 2.35. The van der Waals surface area contributed by atoms with Crippen LogP contribution < -0.4 is 0 Å². The molecule has 13 heteroatoms. The second-order valence-electron chi connectivity index (χ2n) is 7.72. The molecule has 1 aromatic carbocycles. The molecule has 4 aromatic heterocycles. The van der Waals surface area contributed by atoms with Crippen LogP contribution in [-0.2, 0) is 23.1 Å². The molecule has 35 heavy (non-hydrogen) atoms. The molecular formula is C22H16F4N6O2S. The third-order valence-corrected chi connectivity index (χ3v) is 7.18. The van der Waals surface area contributed by atoms with Gasteiger partial charge in [-0.25, -0.2) is 32.3 Å². The Morgan fingerprint density at radius 1 is 1.06 bits per heavy atom. The number of fused-ring (bicyclic) bond motifs is 2. The number of imidazole rings is 1. The normalized spacial score (nSPS) is 12.6. The van der Waals surface area contributed by atoms with Crippen LogP contribution in [0.25, 0.3) is 39.3 Å². The SMILES string of the molecule is CCS(=O)(=O)c1nn2ccc(-c3ccc(F)cc3)nc2c1-c1nc2cc(C(F)(F)F)ncc2n1C. The average Bonchev–Trinajstić information content (AvgIpc) is 3.36. The number of pyridine rings is 1. The van der Waals surface area contributed by atoms with Crippen LogP contribution in [0.4, 0.5) is 17.6 Å². The number of benzene rings is 1. The molecule has 5 aromatic rings. The van der Waals surface area contributed by atoms with E-state index in [-0.39, 0.29) is 38.8 Å². The zero-order valence-corrected chi connectivity index (χ0v) is 19.1. The number of aryl methyl sites for hydroxylation is 1. The van der Waals surface area contributed by atoms with Crippen molar-refractivity contribution in [2.24, 2.45) is 7.05 Å². The molecule has 0 aliphatic carbocycles. The van der Waals surface area contributed by atoms with Crippen molar-refractivity contribution in [1.29, 1.82) is 0 Å². The van der Waals surface area contributed by atoms with Crippen molar-refractivity contribution >= 4 is 26.5 Å². The van der Waals surface area contributed by atoms with Crippen molar-refractivity contribution < 1.29 is 26.0 Å². The van der Waals surface area contributed by atoms with Gasteiger partial charge in [0.25, 0.3) is 0 Å². The summed E-state index contributed by atoms with van der Waals surface area (Å²) >= 11 is 0. The summed E-state index contributed by atoms with van der Waals surface area (Å²) < 4.78 is 81.5. The molecule has 0 aliphatic heterocycles. The molecule has 0 saturated carbocycles. The molecule has 0 radical (unpaired) electrons. The van der Waals surface area contributed by atoms with E-state index in [2.05, 4.69) is 20.1 Å². The molecule has 0 saturated heterocycles. The van der Waals surface area contributed by atoms with E-state index in [1.165, 1.54) is 53.5 Å². The number of hydrogen-bond acceptors (Lipinski definition) is 6. The van der Waals surface area contributed by atoms with E-state index in [0.717, 1.165) is 12.3 Å². The highest BCUT2D eigenvalue weighted by atomic mass is 32.2. The summed E-state index contributed by atoms with van der Waals surface area (Å²) in [4.78, 5) is 12.3. The van der Waals surface area contributed by atoms with E-state index in [0.29, 0.717) is 11.3 Å². The average molecular weight is 504 g/mol. The smallest absolute Gasteiger partial charge is 0.326 e. The first-order valence-corrected chi connectivity index (χ1v) is 11.9. The fraction of sp³-hybridized carbons (Fsp3) is 0.182. The first-order valence-electron chi connectivity index (χ1n) is 10.3. The van der Waals surface area contributed by atoms with Crippen LogP contribution >= 0.6 is 0 Å². The maximum absolute atomic E-state index is 13.4. The molecule has 0 spiro atoms. The van der Waals surface area contributed by atoms with Gasteiger partial charge in [-0.05, 0) is 36.4 Å². The minimum atomic E-state index is -4.67. The minimum absolute atomic E-state index is 0.0151. The Hall–Kier alpha value is -3.87. The lowest BCUT2D eigenvalue weighted by Crippen LogP contribution is -2.07. The fourth-order valence-corrected chi connectivity index (χ4v) is 4.69. The van der Waals surface area contributed by atoms with Crippen LogP contribution in [0, 0.1) is 5.82 Å². The van der Waals surface area contributed by atoms with Crippen molar-refractivity contribution in [1.82, 2.24) is 29.1 Å². The van der Waals surface area contributed by atoms with Gasteiger partial charge in [0.2, 0.25) is 0 Å². The molecule has 0 bridgehead atoms. The summed E-state index contributed by atoms with van der Waals surface area (Å²) in [5.41, 5.74) is 0.293. The van der Waals surface area contributed by atoms with Gasteiger partial charge in [0, 0.05) is 18.8 Å². The predicted octanol–water partition coefficient (Wildman–Crippen LogP) is 4.30. The Kier molecular flexibility index (Phi) is 5.13. The minimum Gasteiger partial charge on any atom is -0.326 e. The highest BCUT2D eigenvalue weighted by molar-refractivity contribution is 7.91. The van der Waals surface area contributed by atoms with E-state index >= 15 is 0 Å². The van der Waals surface area contributed by atoms with Crippen molar-refractivity contribution in [2.45, 2.75) is 18.1 Å². The Labute approximate surface area is 195 Å². The molecule has 0 aliphatic rings. The first kappa shape index (κ1) is 22.9. The van der Waals surface area contributed by atoms with Gasteiger partial charge in [-0.2, -0.15) is 18.3 Å². The van der Waals surface area contributed by atoms with Gasteiger partial charge in [-0.15, -0.1) is 0 Å². The van der Waals surface area contributed by atoms with Gasteiger partial charge in [-0.1, -0.05) is 6.92 Å². The summed E-state index contributed by atoms with van der Waals surface area (Å²) in [6, 6.07) is 7.97. The summed E-state index contributed by atoms with van der Waals surface area (Å²) in [7, 11) is -2.34. The Bertz CT molecular complexity index is 1710. The number of alkyl halides is 3. The molecule has 8 nitrogen and oxygen atoms in total. The Balaban J connectivity index is 1.81. The van der Waals surface area contributed by atoms with Crippen molar-refractivity contribution in [3.05, 3.63) is 60.3 Å². The lowest BCUT2D eigenvalue weighted by atomic mass is 10.1. The van der Waals surface area contributed by atoms with Crippen molar-refractivity contribution in [3.63, 3.8) is 0 Å². The number of rotatable bonds is 4. The number of sulfone groups is 1. The van der Waals surface area contributed by atoms with E-state index in [1.807, 2.05) is 0 Å². The second kappa shape index (κ2) is 7.83. The number of nitrogens with zero attached hydrogens (tertiary/aromatic N) is 6. The van der Waals surface area contributed by atoms with Crippen LogP contribution in [0.5, 0.6) is 0 Å². The number of aromatic nitrogens is 6. The fourth-order valence-electron chi connectivity index (χ4n) is 3.71. The van der Waals surface area contributed by atoms with E-state index in [9.17, 15) is 26.0 Å². The first-order chi connectivity index (χ1) is 16.5. The lowest BCUT2D eigenvalue weighted by molar-refractivity contribution is -0.141. The van der Waals surface area contributed by atoms with Gasteiger partial charge in [0.1, 0.15) is 22.9 Å². The highest BCUT2D eigenvalue weighted by Gasteiger charge is 2.34. The molecule has 4 heterocycles. The third kappa shape index (κ3) is 3.81. The molecule has 0 N–H and O–H groups in total. The Morgan fingerprint density at radius 3 is 2.43 bits per heavy atom. The van der Waals surface area contributed by atoms with Crippen LogP contribution in [0.3, 0.4) is 0 Å². The second-order valence-corrected chi connectivity index (χ2v) is 9.92. The molecular weight excluding hydrogens is 488 g/mol.